The number of amides is 2. The van der Waals surface area contributed by atoms with Crippen LogP contribution < -0.4 is 5.73 Å². The number of ether oxygens (including phenoxy) is 2. The van der Waals surface area contributed by atoms with E-state index in [2.05, 4.69) is 9.97 Å². The average molecular weight is 573 g/mol. The van der Waals surface area contributed by atoms with Crippen molar-refractivity contribution in [3.63, 3.8) is 0 Å². The van der Waals surface area contributed by atoms with E-state index in [1.165, 1.54) is 6.20 Å². The first kappa shape index (κ1) is 29.8. The van der Waals surface area contributed by atoms with E-state index in [1.54, 1.807) is 52.3 Å². The van der Waals surface area contributed by atoms with Crippen LogP contribution in [0.25, 0.3) is 11.3 Å². The van der Waals surface area contributed by atoms with Crippen molar-refractivity contribution in [3.8, 4) is 11.3 Å². The quantitative estimate of drug-likeness (QED) is 0.258. The minimum atomic E-state index is -0.599. The number of hydrogen-bond donors (Lipinski definition) is 4. The van der Waals surface area contributed by atoms with Gasteiger partial charge in [0.05, 0.1) is 11.9 Å². The number of benzene rings is 2. The van der Waals surface area contributed by atoms with Crippen molar-refractivity contribution >= 4 is 35.8 Å². The molecule has 2 aromatic carbocycles. The Labute approximate surface area is 245 Å². The number of carbonyl (C=O) groups is 2. The Bertz CT molecular complexity index is 1520. The molecule has 0 atom stereocenters. The van der Waals surface area contributed by atoms with Crippen LogP contribution >= 0.6 is 0 Å². The lowest BCUT2D eigenvalue weighted by atomic mass is 10.0. The maximum absolute atomic E-state index is 13.4. The molecule has 0 unspecified atom stereocenters. The van der Waals surface area contributed by atoms with E-state index >= 15 is 0 Å². The molecule has 0 radical (unpaired) electrons. The van der Waals surface area contributed by atoms with Gasteiger partial charge in [-0.3, -0.25) is 15.6 Å². The number of nitrogen functional groups attached to an aromatic ring is 1. The second-order valence-electron chi connectivity index (χ2n) is 10.7. The van der Waals surface area contributed by atoms with Crippen molar-refractivity contribution in [2.45, 2.75) is 32.8 Å². The molecule has 42 heavy (non-hydrogen) atoms. The third kappa shape index (κ3) is 7.14. The summed E-state index contributed by atoms with van der Waals surface area (Å²) in [6.07, 6.45) is 2.74. The number of nitrogens with two attached hydrogens (primary N) is 1. The predicted octanol–water partition coefficient (Wildman–Crippen LogP) is 4.42. The van der Waals surface area contributed by atoms with Crippen LogP contribution in [0.15, 0.2) is 54.7 Å². The molecule has 0 spiro atoms. The van der Waals surface area contributed by atoms with Crippen LogP contribution in [0.4, 0.5) is 10.6 Å². The van der Waals surface area contributed by atoms with Crippen molar-refractivity contribution < 1.29 is 20.5 Å². The van der Waals surface area contributed by atoms with Gasteiger partial charge in [-0.2, -0.15) is 0 Å². The van der Waals surface area contributed by atoms with E-state index in [-0.39, 0.29) is 24.7 Å². The molecule has 2 amide bonds. The Kier molecular flexibility index (Phi) is 8.94. The third-order valence-electron chi connectivity index (χ3n) is 6.42. The van der Waals surface area contributed by atoms with Crippen LogP contribution in [0.1, 0.15) is 55.8 Å². The fraction of sp³-hybridized carbons (Fsp3) is 0.300. The molecule has 12 nitrogen and oxygen atoms in total. The number of rotatable bonds is 5. The van der Waals surface area contributed by atoms with Crippen LogP contribution in [0.3, 0.4) is 0 Å². The Balaban J connectivity index is 0.00000506. The fourth-order valence-corrected chi connectivity index (χ4v) is 4.35. The van der Waals surface area contributed by atoms with Gasteiger partial charge in [0.2, 0.25) is 11.8 Å². The zero-order valence-electron chi connectivity index (χ0n) is 23.8. The topological polar surface area (TPSA) is 182 Å². The lowest BCUT2D eigenvalue weighted by Crippen LogP contribution is -2.40. The van der Waals surface area contributed by atoms with Gasteiger partial charge in [-0.05, 0) is 51.5 Å². The van der Waals surface area contributed by atoms with Gasteiger partial charge in [-0.25, -0.2) is 14.8 Å². The highest BCUT2D eigenvalue weighted by Crippen LogP contribution is 2.25. The van der Waals surface area contributed by atoms with Crippen LogP contribution in [0.2, 0.25) is 0 Å². The van der Waals surface area contributed by atoms with Crippen molar-refractivity contribution in [3.05, 3.63) is 77.1 Å². The minimum Gasteiger partial charge on any atom is -0.444 e. The normalized spacial score (nSPS) is 13.6. The summed E-state index contributed by atoms with van der Waals surface area (Å²) in [6, 6.07) is 13.6. The van der Waals surface area contributed by atoms with Gasteiger partial charge in [0.1, 0.15) is 5.60 Å². The molecule has 1 fully saturated rings. The monoisotopic (exact) mass is 572 g/mol. The van der Waals surface area contributed by atoms with Gasteiger partial charge in [-0.15, -0.1) is 0 Å². The van der Waals surface area contributed by atoms with E-state index in [0.29, 0.717) is 60.5 Å². The lowest BCUT2D eigenvalue weighted by Gasteiger charge is -2.26. The fourth-order valence-electron chi connectivity index (χ4n) is 4.35. The Morgan fingerprint density at radius 3 is 2.36 bits per heavy atom. The van der Waals surface area contributed by atoms with E-state index < -0.39 is 17.6 Å². The summed E-state index contributed by atoms with van der Waals surface area (Å²) in [5.74, 6) is -0.942. The van der Waals surface area contributed by atoms with Crippen LogP contribution in [-0.2, 0) is 9.47 Å². The largest absolute Gasteiger partial charge is 0.444 e. The van der Waals surface area contributed by atoms with Crippen molar-refractivity contribution in [1.29, 1.82) is 16.2 Å². The highest BCUT2D eigenvalue weighted by atomic mass is 16.6. The zero-order valence-corrected chi connectivity index (χ0v) is 23.8. The number of nitrogens with zero attached hydrogens (tertiary/aromatic N) is 4. The van der Waals surface area contributed by atoms with Gasteiger partial charge in [0.15, 0.2) is 11.5 Å². The molecule has 4 rings (SSSR count). The van der Waals surface area contributed by atoms with E-state index in [4.69, 9.17) is 31.4 Å². The SMILES string of the molecule is CC(C)(C)OC(=O)N1CCCN(C(=O)c2ccc(-c3cnc(N)c(C(=N)OC(=N)c4ccccc4)n3)c(C=N)c2)CC1.[HH]. The molecular weight excluding hydrogens is 536 g/mol. The molecule has 0 bridgehead atoms. The molecule has 1 aliphatic rings. The molecular formula is C30H36N8O4. The summed E-state index contributed by atoms with van der Waals surface area (Å²) in [6.45, 7) is 7.13. The summed E-state index contributed by atoms with van der Waals surface area (Å²) in [5.41, 5.74) is 7.44. The highest BCUT2D eigenvalue weighted by molar-refractivity contribution is 6.06. The first-order valence-electron chi connectivity index (χ1n) is 13.4. The van der Waals surface area contributed by atoms with Gasteiger partial charge in [0.25, 0.3) is 5.91 Å². The average Bonchev–Trinajstić information content (AvgIpc) is 3.23. The van der Waals surface area contributed by atoms with Gasteiger partial charge < -0.3 is 30.4 Å². The van der Waals surface area contributed by atoms with Crippen molar-refractivity contribution in [2.75, 3.05) is 31.9 Å². The molecule has 3 aromatic rings. The Morgan fingerprint density at radius 1 is 0.976 bits per heavy atom. The lowest BCUT2D eigenvalue weighted by molar-refractivity contribution is 0.0255. The molecule has 5 N–H and O–H groups in total. The highest BCUT2D eigenvalue weighted by Gasteiger charge is 2.27. The molecule has 2 heterocycles. The summed E-state index contributed by atoms with van der Waals surface area (Å²) in [7, 11) is 0. The zero-order chi connectivity index (χ0) is 30.4. The van der Waals surface area contributed by atoms with E-state index in [0.717, 1.165) is 6.21 Å². The van der Waals surface area contributed by atoms with Gasteiger partial charge >= 0.3 is 6.09 Å². The van der Waals surface area contributed by atoms with E-state index in [1.807, 2.05) is 26.8 Å². The summed E-state index contributed by atoms with van der Waals surface area (Å²) in [4.78, 5) is 37.8. The van der Waals surface area contributed by atoms with Gasteiger partial charge in [-0.1, -0.05) is 24.3 Å². The number of hydrogen-bond acceptors (Lipinski definition) is 10. The Hall–Kier alpha value is -5.13. The second-order valence-corrected chi connectivity index (χ2v) is 10.7. The Morgan fingerprint density at radius 2 is 1.67 bits per heavy atom. The second kappa shape index (κ2) is 12.6. The van der Waals surface area contributed by atoms with Gasteiger partial charge in [0, 0.05) is 56.1 Å². The van der Waals surface area contributed by atoms with E-state index in [9.17, 15) is 9.59 Å². The number of nitrogens with one attached hydrogen (secondary N) is 3. The molecule has 12 heteroatoms. The van der Waals surface area contributed by atoms with Crippen LogP contribution in [0.5, 0.6) is 0 Å². The predicted molar refractivity (Wildman–Crippen MR) is 161 cm³/mol. The molecule has 0 aliphatic carbocycles. The maximum atomic E-state index is 13.4. The summed E-state index contributed by atoms with van der Waals surface area (Å²) >= 11 is 0. The standard InChI is InChI=1S/C30H34N8O4.H2/c1-30(2,3)42-29(40)38-13-7-12-37(14-15-38)28(39)20-10-11-22(21(16-20)17-31)23-18-35-25(32)24(36-23)27(34)41-26(33)19-8-5-4-6-9-19;/h4-6,8-11,16-18,31,33-34H,7,12-15H2,1-3H3,(H2,32,35);1H. The minimum absolute atomic E-state index is 0. The van der Waals surface area contributed by atoms with Crippen molar-refractivity contribution in [1.82, 2.24) is 19.8 Å². The first-order valence-corrected chi connectivity index (χ1v) is 13.4. The maximum Gasteiger partial charge on any atom is 0.410 e. The third-order valence-corrected chi connectivity index (χ3v) is 6.42. The molecule has 1 saturated heterocycles. The number of carbonyl (C=O) groups excluding carboxylic acids is 2. The summed E-state index contributed by atoms with van der Waals surface area (Å²) < 4.78 is 10.9. The number of aromatic nitrogens is 2. The van der Waals surface area contributed by atoms with Crippen LogP contribution in [-0.4, -0.2) is 81.6 Å². The van der Waals surface area contributed by atoms with Crippen LogP contribution in [0, 0.1) is 16.2 Å². The smallest absolute Gasteiger partial charge is 0.410 e. The van der Waals surface area contributed by atoms with Crippen molar-refractivity contribution in [2.24, 2.45) is 0 Å². The molecule has 220 valence electrons. The first-order chi connectivity index (χ1) is 20.0. The molecule has 1 aliphatic heterocycles. The summed E-state index contributed by atoms with van der Waals surface area (Å²) in [5, 5.41) is 24.5. The molecule has 1 aromatic heterocycles. The molecule has 0 saturated carbocycles. The number of anilines is 1.